The number of hydrogen-bond donors (Lipinski definition) is 1. The molecule has 1 saturated heterocycles. The van der Waals surface area contributed by atoms with Crippen molar-refractivity contribution in [1.29, 1.82) is 0 Å². The van der Waals surface area contributed by atoms with E-state index in [1.807, 2.05) is 11.8 Å². The van der Waals surface area contributed by atoms with Crippen molar-refractivity contribution in [1.82, 2.24) is 9.88 Å². The van der Waals surface area contributed by atoms with Crippen LogP contribution >= 0.6 is 48.0 Å². The van der Waals surface area contributed by atoms with Crippen molar-refractivity contribution >= 4 is 53.9 Å². The monoisotopic (exact) mass is 465 g/mol. The van der Waals surface area contributed by atoms with Gasteiger partial charge in [-0.1, -0.05) is 29.3 Å². The maximum atomic E-state index is 12.6. The van der Waals surface area contributed by atoms with E-state index in [-0.39, 0.29) is 36.8 Å². The van der Waals surface area contributed by atoms with E-state index in [4.69, 9.17) is 33.7 Å². The molecule has 1 aromatic heterocycles. The standard InChI is InChI=1S/C19H21Cl2N3O2.2ClH/c1-12(22)13-7-9-24(10-8-13)19(25)14-5-6-17(23-11-14)26-16-4-2-3-15(20)18(16)21;;/h2-6,11-13H,7-10,22H2,1H3;2*1H. The fourth-order valence-corrected chi connectivity index (χ4v) is 3.38. The van der Waals surface area contributed by atoms with Crippen LogP contribution in [0.15, 0.2) is 36.5 Å². The topological polar surface area (TPSA) is 68.5 Å². The summed E-state index contributed by atoms with van der Waals surface area (Å²) in [6.45, 7) is 3.47. The molecule has 2 aromatic rings. The molecule has 0 bridgehead atoms. The minimum Gasteiger partial charge on any atom is -0.437 e. The number of rotatable bonds is 4. The highest BCUT2D eigenvalue weighted by Crippen LogP contribution is 2.34. The number of benzene rings is 1. The Morgan fingerprint density at radius 2 is 1.89 bits per heavy atom. The Labute approximate surface area is 187 Å². The van der Waals surface area contributed by atoms with Gasteiger partial charge in [-0.3, -0.25) is 4.79 Å². The van der Waals surface area contributed by atoms with E-state index in [0.29, 0.717) is 33.2 Å². The molecule has 9 heteroatoms. The third kappa shape index (κ3) is 5.88. The summed E-state index contributed by atoms with van der Waals surface area (Å²) in [6, 6.07) is 8.66. The fourth-order valence-electron chi connectivity index (χ4n) is 3.05. The molecule has 1 aliphatic rings. The minimum atomic E-state index is -0.0204. The highest BCUT2D eigenvalue weighted by atomic mass is 35.5. The van der Waals surface area contributed by atoms with Gasteiger partial charge < -0.3 is 15.4 Å². The molecule has 1 fully saturated rings. The highest BCUT2D eigenvalue weighted by Gasteiger charge is 2.25. The second-order valence-corrected chi connectivity index (χ2v) is 7.31. The van der Waals surface area contributed by atoms with Crippen molar-refractivity contribution in [2.75, 3.05) is 13.1 Å². The number of nitrogens with two attached hydrogens (primary N) is 1. The van der Waals surface area contributed by atoms with Crippen LogP contribution in [-0.4, -0.2) is 34.9 Å². The summed E-state index contributed by atoms with van der Waals surface area (Å²) < 4.78 is 5.64. The number of aromatic nitrogens is 1. The number of amides is 1. The summed E-state index contributed by atoms with van der Waals surface area (Å²) >= 11 is 12.1. The lowest BCUT2D eigenvalue weighted by Crippen LogP contribution is -2.42. The van der Waals surface area contributed by atoms with Gasteiger partial charge in [-0.15, -0.1) is 24.8 Å². The molecule has 1 unspecified atom stereocenters. The van der Waals surface area contributed by atoms with Gasteiger partial charge in [-0.2, -0.15) is 0 Å². The van der Waals surface area contributed by atoms with Crippen LogP contribution in [0.25, 0.3) is 0 Å². The largest absolute Gasteiger partial charge is 0.437 e. The number of piperidine rings is 1. The van der Waals surface area contributed by atoms with E-state index in [0.717, 1.165) is 25.9 Å². The number of carbonyl (C=O) groups is 1. The molecular formula is C19H23Cl4N3O2. The summed E-state index contributed by atoms with van der Waals surface area (Å²) in [4.78, 5) is 18.7. The predicted octanol–water partition coefficient (Wildman–Crippen LogP) is 5.22. The van der Waals surface area contributed by atoms with Gasteiger partial charge in [0.15, 0.2) is 0 Å². The van der Waals surface area contributed by atoms with Crippen LogP contribution in [0, 0.1) is 5.92 Å². The summed E-state index contributed by atoms with van der Waals surface area (Å²) in [5.41, 5.74) is 6.49. The van der Waals surface area contributed by atoms with Crippen LogP contribution in [-0.2, 0) is 0 Å². The van der Waals surface area contributed by atoms with Crippen LogP contribution in [0.5, 0.6) is 11.6 Å². The van der Waals surface area contributed by atoms with Crippen molar-refractivity contribution < 1.29 is 9.53 Å². The summed E-state index contributed by atoms with van der Waals surface area (Å²) in [5, 5.41) is 0.735. The highest BCUT2D eigenvalue weighted by molar-refractivity contribution is 6.42. The lowest BCUT2D eigenvalue weighted by Gasteiger charge is -2.33. The molecule has 1 amide bonds. The Balaban J connectivity index is 0.00000196. The molecule has 3 rings (SSSR count). The van der Waals surface area contributed by atoms with E-state index in [1.165, 1.54) is 6.20 Å². The van der Waals surface area contributed by atoms with Crippen molar-refractivity contribution in [3.63, 3.8) is 0 Å². The maximum absolute atomic E-state index is 12.6. The number of halogens is 4. The van der Waals surface area contributed by atoms with Gasteiger partial charge in [0, 0.05) is 31.4 Å². The Bertz CT molecular complexity index is 779. The molecule has 1 atom stereocenters. The quantitative estimate of drug-likeness (QED) is 0.670. The van der Waals surface area contributed by atoms with E-state index in [9.17, 15) is 4.79 Å². The Kier molecular flexibility index (Phi) is 9.81. The first-order chi connectivity index (χ1) is 12.5. The lowest BCUT2D eigenvalue weighted by atomic mass is 9.91. The van der Waals surface area contributed by atoms with Crippen molar-refractivity contribution in [3.8, 4) is 11.6 Å². The third-order valence-electron chi connectivity index (χ3n) is 4.68. The molecule has 0 radical (unpaired) electrons. The van der Waals surface area contributed by atoms with Crippen LogP contribution in [0.4, 0.5) is 0 Å². The number of hydrogen-bond acceptors (Lipinski definition) is 4. The molecule has 1 aliphatic heterocycles. The second-order valence-electron chi connectivity index (χ2n) is 6.53. The van der Waals surface area contributed by atoms with E-state index < -0.39 is 0 Å². The van der Waals surface area contributed by atoms with Gasteiger partial charge in [0.1, 0.15) is 10.8 Å². The van der Waals surface area contributed by atoms with Crippen LogP contribution < -0.4 is 10.5 Å². The summed E-state index contributed by atoms with van der Waals surface area (Å²) in [6.07, 6.45) is 3.39. The van der Waals surface area contributed by atoms with E-state index in [2.05, 4.69) is 4.98 Å². The molecule has 28 heavy (non-hydrogen) atoms. The molecular weight excluding hydrogens is 444 g/mol. The SMILES string of the molecule is CC(N)C1CCN(C(=O)c2ccc(Oc3cccc(Cl)c3Cl)nc2)CC1.Cl.Cl. The zero-order valence-electron chi connectivity index (χ0n) is 15.3. The molecule has 5 nitrogen and oxygen atoms in total. The molecule has 2 N–H and O–H groups in total. The Hall–Kier alpha value is -1.24. The predicted molar refractivity (Wildman–Crippen MR) is 118 cm³/mol. The van der Waals surface area contributed by atoms with Crippen molar-refractivity contribution in [2.24, 2.45) is 11.7 Å². The van der Waals surface area contributed by atoms with Crippen molar-refractivity contribution in [2.45, 2.75) is 25.8 Å². The average molecular weight is 467 g/mol. The lowest BCUT2D eigenvalue weighted by molar-refractivity contribution is 0.0680. The maximum Gasteiger partial charge on any atom is 0.255 e. The first-order valence-electron chi connectivity index (χ1n) is 8.58. The Morgan fingerprint density at radius 3 is 2.46 bits per heavy atom. The molecule has 0 saturated carbocycles. The zero-order chi connectivity index (χ0) is 18.7. The number of carbonyl (C=O) groups excluding carboxylic acids is 1. The summed E-state index contributed by atoms with van der Waals surface area (Å²) in [7, 11) is 0. The van der Waals surface area contributed by atoms with Crippen LogP contribution in [0.1, 0.15) is 30.1 Å². The zero-order valence-corrected chi connectivity index (χ0v) is 18.5. The average Bonchev–Trinajstić information content (AvgIpc) is 2.65. The number of pyridine rings is 1. The van der Waals surface area contributed by atoms with Crippen LogP contribution in [0.2, 0.25) is 10.0 Å². The Morgan fingerprint density at radius 1 is 1.21 bits per heavy atom. The number of likely N-dealkylation sites (tertiary alicyclic amines) is 1. The number of nitrogens with zero attached hydrogens (tertiary/aromatic N) is 2. The van der Waals surface area contributed by atoms with Crippen LogP contribution in [0.3, 0.4) is 0 Å². The normalized spacial score (nSPS) is 15.2. The van der Waals surface area contributed by atoms with Gasteiger partial charge in [-0.05, 0) is 43.9 Å². The molecule has 2 heterocycles. The minimum absolute atomic E-state index is 0. The molecule has 154 valence electrons. The van der Waals surface area contributed by atoms with Gasteiger partial charge >= 0.3 is 0 Å². The number of ether oxygens (including phenoxy) is 1. The van der Waals surface area contributed by atoms with Gasteiger partial charge in [0.2, 0.25) is 5.88 Å². The van der Waals surface area contributed by atoms with E-state index in [1.54, 1.807) is 30.3 Å². The first-order valence-corrected chi connectivity index (χ1v) is 9.34. The second kappa shape index (κ2) is 11.1. The van der Waals surface area contributed by atoms with Gasteiger partial charge in [0.25, 0.3) is 5.91 Å². The summed E-state index contributed by atoms with van der Waals surface area (Å²) in [5.74, 6) is 1.23. The van der Waals surface area contributed by atoms with Crippen molar-refractivity contribution in [3.05, 3.63) is 52.1 Å². The third-order valence-corrected chi connectivity index (χ3v) is 5.49. The van der Waals surface area contributed by atoms with Gasteiger partial charge in [-0.25, -0.2) is 4.98 Å². The molecule has 0 spiro atoms. The fraction of sp³-hybridized carbons (Fsp3) is 0.368. The van der Waals surface area contributed by atoms with Gasteiger partial charge in [0.05, 0.1) is 10.6 Å². The molecule has 0 aliphatic carbocycles. The van der Waals surface area contributed by atoms with E-state index >= 15 is 0 Å². The molecule has 1 aromatic carbocycles. The smallest absolute Gasteiger partial charge is 0.255 e. The first kappa shape index (κ1) is 24.8.